The lowest BCUT2D eigenvalue weighted by Crippen LogP contribution is -2.35. The molecule has 1 fully saturated rings. The van der Waals surface area contributed by atoms with Gasteiger partial charge in [0.1, 0.15) is 0 Å². The minimum Gasteiger partial charge on any atom is -0.379 e. The molecule has 0 spiro atoms. The lowest BCUT2D eigenvalue weighted by Gasteiger charge is -2.26. The van der Waals surface area contributed by atoms with Crippen LogP contribution in [0.15, 0.2) is 34.9 Å². The molecule has 1 amide bonds. The summed E-state index contributed by atoms with van der Waals surface area (Å²) >= 11 is 0. The highest BCUT2D eigenvalue weighted by Gasteiger charge is 2.12. The van der Waals surface area contributed by atoms with Gasteiger partial charge in [-0.15, -0.1) is 0 Å². The van der Waals surface area contributed by atoms with E-state index in [2.05, 4.69) is 27.5 Å². The van der Waals surface area contributed by atoms with Crippen LogP contribution in [0.5, 0.6) is 0 Å². The smallest absolute Gasteiger partial charge is 0.290 e. The van der Waals surface area contributed by atoms with E-state index >= 15 is 0 Å². The van der Waals surface area contributed by atoms with E-state index in [9.17, 15) is 4.79 Å². The highest BCUT2D eigenvalue weighted by atomic mass is 16.5. The van der Waals surface area contributed by atoms with Gasteiger partial charge in [-0.25, -0.2) is 0 Å². The molecule has 0 atom stereocenters. The maximum atomic E-state index is 11.9. The second kappa shape index (κ2) is 7.39. The lowest BCUT2D eigenvalue weighted by atomic mass is 10.1. The number of benzene rings is 1. The van der Waals surface area contributed by atoms with Crippen LogP contribution in [0.4, 0.5) is 0 Å². The van der Waals surface area contributed by atoms with Crippen LogP contribution in [0.2, 0.25) is 0 Å². The molecule has 6 nitrogen and oxygen atoms in total. The fourth-order valence-corrected chi connectivity index (χ4v) is 2.52. The molecule has 6 heteroatoms. The number of aromatic nitrogens is 1. The van der Waals surface area contributed by atoms with E-state index in [1.807, 2.05) is 12.1 Å². The molecular weight excluding hydrogens is 294 g/mol. The van der Waals surface area contributed by atoms with E-state index in [0.717, 1.165) is 38.4 Å². The fraction of sp³-hybridized carbons (Fsp3) is 0.412. The van der Waals surface area contributed by atoms with Crippen molar-refractivity contribution in [3.05, 3.63) is 52.9 Å². The summed E-state index contributed by atoms with van der Waals surface area (Å²) in [5.41, 5.74) is 3.02. The molecule has 0 unspecified atom stereocenters. The Kier molecular flexibility index (Phi) is 5.05. The number of nitrogens with one attached hydrogen (secondary N) is 1. The number of morpholine rings is 1. The molecule has 1 aromatic heterocycles. The molecule has 1 aliphatic rings. The predicted octanol–water partition coefficient (Wildman–Crippen LogP) is 1.75. The average Bonchev–Trinajstić information content (AvgIpc) is 3.01. The summed E-state index contributed by atoms with van der Waals surface area (Å²) in [6.45, 7) is 6.77. The Balaban J connectivity index is 1.50. The number of ether oxygens (including phenoxy) is 1. The fourth-order valence-electron chi connectivity index (χ4n) is 2.52. The lowest BCUT2D eigenvalue weighted by molar-refractivity contribution is 0.0342. The van der Waals surface area contributed by atoms with Crippen LogP contribution < -0.4 is 5.32 Å². The minimum absolute atomic E-state index is 0.242. The molecule has 0 saturated carbocycles. The molecule has 2 aromatic rings. The summed E-state index contributed by atoms with van der Waals surface area (Å²) in [5.74, 6) is -0.00516. The molecule has 0 bridgehead atoms. The molecule has 3 rings (SSSR count). The van der Waals surface area contributed by atoms with Crippen molar-refractivity contribution >= 4 is 5.91 Å². The van der Waals surface area contributed by atoms with Gasteiger partial charge in [0, 0.05) is 32.2 Å². The van der Waals surface area contributed by atoms with Crippen LogP contribution in [-0.4, -0.2) is 42.3 Å². The molecule has 23 heavy (non-hydrogen) atoms. The second-order valence-corrected chi connectivity index (χ2v) is 5.72. The first-order valence-corrected chi connectivity index (χ1v) is 7.80. The quantitative estimate of drug-likeness (QED) is 0.910. The van der Waals surface area contributed by atoms with Crippen molar-refractivity contribution in [1.29, 1.82) is 0 Å². The number of amides is 1. The van der Waals surface area contributed by atoms with Gasteiger partial charge in [-0.3, -0.25) is 9.69 Å². The third-order valence-electron chi connectivity index (χ3n) is 3.84. The van der Waals surface area contributed by atoms with Crippen LogP contribution in [0.3, 0.4) is 0 Å². The Labute approximate surface area is 135 Å². The summed E-state index contributed by atoms with van der Waals surface area (Å²) in [4.78, 5) is 14.3. The van der Waals surface area contributed by atoms with Gasteiger partial charge in [-0.05, 0) is 18.1 Å². The monoisotopic (exact) mass is 315 g/mol. The van der Waals surface area contributed by atoms with E-state index in [1.54, 1.807) is 13.0 Å². The van der Waals surface area contributed by atoms with Gasteiger partial charge < -0.3 is 14.6 Å². The summed E-state index contributed by atoms with van der Waals surface area (Å²) in [6, 6.07) is 9.93. The molecular formula is C17H21N3O3. The minimum atomic E-state index is -0.247. The largest absolute Gasteiger partial charge is 0.379 e. The van der Waals surface area contributed by atoms with Gasteiger partial charge in [0.05, 0.1) is 18.9 Å². The molecule has 1 aliphatic heterocycles. The highest BCUT2D eigenvalue weighted by molar-refractivity contribution is 5.91. The standard InChI is InChI=1S/C17H21N3O3/c1-13-10-16(23-19-13)17(21)18-11-14-2-4-15(5-3-14)12-20-6-8-22-9-7-20/h2-5,10H,6-9,11-12H2,1H3,(H,18,21). The second-order valence-electron chi connectivity index (χ2n) is 5.72. The van der Waals surface area contributed by atoms with Crippen molar-refractivity contribution < 1.29 is 14.1 Å². The number of nitrogens with zero attached hydrogens (tertiary/aromatic N) is 2. The number of carbonyl (C=O) groups excluding carboxylic acids is 1. The first-order valence-electron chi connectivity index (χ1n) is 7.80. The molecule has 2 heterocycles. The van der Waals surface area contributed by atoms with Gasteiger partial charge in [-0.1, -0.05) is 29.4 Å². The normalized spacial score (nSPS) is 15.5. The third-order valence-corrected chi connectivity index (χ3v) is 3.84. The molecule has 0 aliphatic carbocycles. The Bertz CT molecular complexity index is 645. The number of carbonyl (C=O) groups is 1. The van der Waals surface area contributed by atoms with E-state index in [0.29, 0.717) is 12.2 Å². The Morgan fingerprint density at radius 2 is 1.91 bits per heavy atom. The zero-order chi connectivity index (χ0) is 16.1. The zero-order valence-electron chi connectivity index (χ0n) is 13.2. The van der Waals surface area contributed by atoms with Crippen LogP contribution in [0, 0.1) is 6.92 Å². The van der Waals surface area contributed by atoms with Crippen LogP contribution in [-0.2, 0) is 17.8 Å². The molecule has 0 radical (unpaired) electrons. The van der Waals surface area contributed by atoms with Crippen LogP contribution in [0.25, 0.3) is 0 Å². The van der Waals surface area contributed by atoms with Crippen LogP contribution in [0.1, 0.15) is 27.4 Å². The molecule has 122 valence electrons. The number of hydrogen-bond acceptors (Lipinski definition) is 5. The Morgan fingerprint density at radius 1 is 1.22 bits per heavy atom. The van der Waals surface area contributed by atoms with E-state index in [1.165, 1.54) is 5.56 Å². The number of hydrogen-bond donors (Lipinski definition) is 1. The summed E-state index contributed by atoms with van der Waals surface area (Å²) in [7, 11) is 0. The molecule has 1 saturated heterocycles. The molecule has 1 aromatic carbocycles. The average molecular weight is 315 g/mol. The predicted molar refractivity (Wildman–Crippen MR) is 84.9 cm³/mol. The van der Waals surface area contributed by atoms with Crippen molar-refractivity contribution in [3.63, 3.8) is 0 Å². The van der Waals surface area contributed by atoms with Gasteiger partial charge in [0.25, 0.3) is 5.91 Å². The molecule has 1 N–H and O–H groups in total. The third kappa shape index (κ3) is 4.40. The summed E-state index contributed by atoms with van der Waals surface area (Å²) in [6.07, 6.45) is 0. The van der Waals surface area contributed by atoms with Gasteiger partial charge in [-0.2, -0.15) is 0 Å². The van der Waals surface area contributed by atoms with Gasteiger partial charge in [0.2, 0.25) is 5.76 Å². The van der Waals surface area contributed by atoms with E-state index in [4.69, 9.17) is 9.26 Å². The zero-order valence-corrected chi connectivity index (χ0v) is 13.2. The van der Waals surface area contributed by atoms with Crippen molar-refractivity contribution in [2.75, 3.05) is 26.3 Å². The topological polar surface area (TPSA) is 67.6 Å². The van der Waals surface area contributed by atoms with Crippen LogP contribution >= 0.6 is 0 Å². The van der Waals surface area contributed by atoms with Gasteiger partial charge >= 0.3 is 0 Å². The van der Waals surface area contributed by atoms with Crippen molar-refractivity contribution in [2.24, 2.45) is 0 Å². The Hall–Kier alpha value is -2.18. The summed E-state index contributed by atoms with van der Waals surface area (Å²) < 4.78 is 10.3. The summed E-state index contributed by atoms with van der Waals surface area (Å²) in [5, 5.41) is 6.54. The first kappa shape index (κ1) is 15.7. The van der Waals surface area contributed by atoms with Gasteiger partial charge in [0.15, 0.2) is 0 Å². The maximum Gasteiger partial charge on any atom is 0.290 e. The van der Waals surface area contributed by atoms with Crippen molar-refractivity contribution in [2.45, 2.75) is 20.0 Å². The number of rotatable bonds is 5. The van der Waals surface area contributed by atoms with Crippen molar-refractivity contribution in [3.8, 4) is 0 Å². The highest BCUT2D eigenvalue weighted by Crippen LogP contribution is 2.09. The van der Waals surface area contributed by atoms with E-state index < -0.39 is 0 Å². The van der Waals surface area contributed by atoms with E-state index in [-0.39, 0.29) is 11.7 Å². The maximum absolute atomic E-state index is 11.9. The SMILES string of the molecule is Cc1cc(C(=O)NCc2ccc(CN3CCOCC3)cc2)on1. The number of aryl methyl sites for hydroxylation is 1. The first-order chi connectivity index (χ1) is 11.2. The van der Waals surface area contributed by atoms with Crippen molar-refractivity contribution in [1.82, 2.24) is 15.4 Å². The Morgan fingerprint density at radius 3 is 2.57 bits per heavy atom.